The zero-order valence-corrected chi connectivity index (χ0v) is 15.3. The van der Waals surface area contributed by atoms with Crippen LogP contribution in [0.3, 0.4) is 0 Å². The van der Waals surface area contributed by atoms with Crippen molar-refractivity contribution in [2.45, 2.75) is 25.9 Å². The fourth-order valence-electron chi connectivity index (χ4n) is 2.69. The van der Waals surface area contributed by atoms with Crippen LogP contribution in [0.5, 0.6) is 0 Å². The first-order valence-electron chi connectivity index (χ1n) is 7.66. The molecule has 3 aromatic heterocycles. The Kier molecular flexibility index (Phi) is 5.32. The van der Waals surface area contributed by atoms with Crippen molar-refractivity contribution in [3.8, 4) is 0 Å². The van der Waals surface area contributed by atoms with Crippen LogP contribution in [-0.4, -0.2) is 32.5 Å². The summed E-state index contributed by atoms with van der Waals surface area (Å²) >= 11 is 11.9. The Labute approximate surface area is 154 Å². The van der Waals surface area contributed by atoms with E-state index < -0.39 is 0 Å². The number of ketones is 1. The van der Waals surface area contributed by atoms with Crippen LogP contribution in [-0.2, 0) is 22.4 Å². The molecular weight excluding hydrogens is 363 g/mol. The van der Waals surface area contributed by atoms with Crippen LogP contribution < -0.4 is 0 Å². The maximum atomic E-state index is 12.5. The molecule has 0 aliphatic heterocycles. The SMILES string of the molecule is CO[C@@H](C)c1c(CC(=O)Cc2ccnc(Cl)c2)cnc2cc(Cl)nn12. The first-order valence-corrected chi connectivity index (χ1v) is 8.41. The minimum Gasteiger partial charge on any atom is -0.375 e. The Morgan fingerprint density at radius 1 is 1.24 bits per heavy atom. The largest absolute Gasteiger partial charge is 0.375 e. The van der Waals surface area contributed by atoms with Gasteiger partial charge in [-0.3, -0.25) is 4.79 Å². The maximum absolute atomic E-state index is 12.5. The van der Waals surface area contributed by atoms with E-state index in [1.165, 1.54) is 0 Å². The average molecular weight is 379 g/mol. The van der Waals surface area contributed by atoms with Gasteiger partial charge in [0, 0.05) is 44.0 Å². The van der Waals surface area contributed by atoms with Crippen molar-refractivity contribution in [3.63, 3.8) is 0 Å². The Morgan fingerprint density at radius 2 is 2.04 bits per heavy atom. The highest BCUT2D eigenvalue weighted by atomic mass is 35.5. The van der Waals surface area contributed by atoms with Crippen LogP contribution >= 0.6 is 23.2 Å². The summed E-state index contributed by atoms with van der Waals surface area (Å²) in [4.78, 5) is 20.8. The molecule has 0 radical (unpaired) electrons. The number of nitrogens with zero attached hydrogens (tertiary/aromatic N) is 4. The molecule has 6 nitrogen and oxygen atoms in total. The van der Waals surface area contributed by atoms with Crippen molar-refractivity contribution < 1.29 is 9.53 Å². The van der Waals surface area contributed by atoms with Gasteiger partial charge in [0.15, 0.2) is 10.8 Å². The molecule has 0 aliphatic carbocycles. The number of Topliss-reactive ketones (excluding diaryl/α,β-unsaturated/α-hetero) is 1. The van der Waals surface area contributed by atoms with Gasteiger partial charge in [0.1, 0.15) is 10.9 Å². The molecule has 0 aromatic carbocycles. The molecular formula is C17H16Cl2N4O2. The van der Waals surface area contributed by atoms with E-state index in [-0.39, 0.29) is 24.7 Å². The highest BCUT2D eigenvalue weighted by Crippen LogP contribution is 2.23. The molecule has 0 unspecified atom stereocenters. The first-order chi connectivity index (χ1) is 12.0. The molecule has 0 saturated heterocycles. The fourth-order valence-corrected chi connectivity index (χ4v) is 3.06. The van der Waals surface area contributed by atoms with Crippen molar-refractivity contribution in [3.05, 3.63) is 57.7 Å². The van der Waals surface area contributed by atoms with Gasteiger partial charge in [-0.25, -0.2) is 14.5 Å². The summed E-state index contributed by atoms with van der Waals surface area (Å²) < 4.78 is 7.07. The Hall–Kier alpha value is -2.02. The topological polar surface area (TPSA) is 69.4 Å². The Morgan fingerprint density at radius 3 is 2.76 bits per heavy atom. The second-order valence-electron chi connectivity index (χ2n) is 5.66. The van der Waals surface area contributed by atoms with Gasteiger partial charge >= 0.3 is 0 Å². The lowest BCUT2D eigenvalue weighted by Gasteiger charge is -2.16. The summed E-state index contributed by atoms with van der Waals surface area (Å²) in [7, 11) is 1.60. The molecule has 0 aliphatic rings. The van der Waals surface area contributed by atoms with Gasteiger partial charge in [0.25, 0.3) is 0 Å². The highest BCUT2D eigenvalue weighted by Gasteiger charge is 2.19. The van der Waals surface area contributed by atoms with Gasteiger partial charge in [-0.05, 0) is 24.6 Å². The Bertz CT molecular complexity index is 926. The lowest BCUT2D eigenvalue weighted by molar-refractivity contribution is -0.117. The summed E-state index contributed by atoms with van der Waals surface area (Å²) in [5.74, 6) is 0.0335. The van der Waals surface area contributed by atoms with Crippen LogP contribution in [0.15, 0.2) is 30.6 Å². The minimum absolute atomic E-state index is 0.0335. The normalized spacial score (nSPS) is 12.5. The zero-order valence-electron chi connectivity index (χ0n) is 13.7. The van der Waals surface area contributed by atoms with Gasteiger partial charge in [-0.15, -0.1) is 0 Å². The van der Waals surface area contributed by atoms with Crippen LogP contribution in [0.4, 0.5) is 0 Å². The average Bonchev–Trinajstić information content (AvgIpc) is 2.94. The van der Waals surface area contributed by atoms with Crippen LogP contribution in [0.2, 0.25) is 10.3 Å². The summed E-state index contributed by atoms with van der Waals surface area (Å²) in [6.07, 6.45) is 3.47. The van der Waals surface area contributed by atoms with Gasteiger partial charge in [-0.1, -0.05) is 23.2 Å². The number of carbonyl (C=O) groups excluding carboxylic acids is 1. The van der Waals surface area contributed by atoms with E-state index in [0.29, 0.717) is 16.0 Å². The molecule has 1 atom stereocenters. The molecule has 8 heteroatoms. The second kappa shape index (κ2) is 7.47. The standard InChI is InChI=1S/C17H16Cl2N4O2/c1-10(25-2)17-12(9-21-16-8-15(19)22-23(16)17)7-13(24)5-11-3-4-20-14(18)6-11/h3-4,6,8-10H,5,7H2,1-2H3/t10-/m0/s1. The van der Waals surface area contributed by atoms with E-state index in [1.54, 1.807) is 42.2 Å². The van der Waals surface area contributed by atoms with Gasteiger partial charge in [0.2, 0.25) is 0 Å². The van der Waals surface area contributed by atoms with E-state index >= 15 is 0 Å². The molecule has 0 fully saturated rings. The number of halogens is 2. The molecule has 130 valence electrons. The van der Waals surface area contributed by atoms with E-state index in [1.807, 2.05) is 6.92 Å². The van der Waals surface area contributed by atoms with E-state index in [9.17, 15) is 4.79 Å². The first kappa shape index (κ1) is 17.8. The summed E-state index contributed by atoms with van der Waals surface area (Å²) in [5.41, 5.74) is 2.95. The van der Waals surface area contributed by atoms with Crippen molar-refractivity contribution in [1.82, 2.24) is 19.6 Å². The molecule has 3 rings (SSSR count). The molecule has 3 aromatic rings. The van der Waals surface area contributed by atoms with Gasteiger partial charge in [-0.2, -0.15) is 5.10 Å². The predicted molar refractivity (Wildman–Crippen MR) is 95.1 cm³/mol. The quantitative estimate of drug-likeness (QED) is 0.614. The molecule has 0 amide bonds. The van der Waals surface area contributed by atoms with Crippen molar-refractivity contribution in [1.29, 1.82) is 0 Å². The van der Waals surface area contributed by atoms with Crippen molar-refractivity contribution in [2.75, 3.05) is 7.11 Å². The number of pyridine rings is 1. The molecule has 0 spiro atoms. The van der Waals surface area contributed by atoms with Gasteiger partial charge in [0.05, 0.1) is 11.8 Å². The number of methoxy groups -OCH3 is 1. The van der Waals surface area contributed by atoms with Crippen LogP contribution in [0.1, 0.15) is 29.8 Å². The number of hydrogen-bond donors (Lipinski definition) is 0. The van der Waals surface area contributed by atoms with Crippen molar-refractivity contribution >= 4 is 34.6 Å². The third kappa shape index (κ3) is 3.98. The second-order valence-corrected chi connectivity index (χ2v) is 6.44. The Balaban J connectivity index is 1.91. The summed E-state index contributed by atoms with van der Waals surface area (Å²) in [6, 6.07) is 5.13. The maximum Gasteiger partial charge on any atom is 0.156 e. The van der Waals surface area contributed by atoms with Crippen molar-refractivity contribution in [2.24, 2.45) is 0 Å². The number of carbonyl (C=O) groups is 1. The lowest BCUT2D eigenvalue weighted by Crippen LogP contribution is -2.15. The summed E-state index contributed by atoms with van der Waals surface area (Å²) in [5, 5.41) is 4.96. The fraction of sp³-hybridized carbons (Fsp3) is 0.294. The molecule has 0 N–H and O–H groups in total. The molecule has 3 heterocycles. The number of ether oxygens (including phenoxy) is 1. The number of fused-ring (bicyclic) bond motifs is 1. The van der Waals surface area contributed by atoms with Crippen LogP contribution in [0.25, 0.3) is 5.65 Å². The van der Waals surface area contributed by atoms with Gasteiger partial charge < -0.3 is 4.74 Å². The van der Waals surface area contributed by atoms with Crippen LogP contribution in [0, 0.1) is 0 Å². The molecule has 0 bridgehead atoms. The zero-order chi connectivity index (χ0) is 18.0. The summed E-state index contributed by atoms with van der Waals surface area (Å²) in [6.45, 7) is 1.89. The number of hydrogen-bond acceptors (Lipinski definition) is 5. The van der Waals surface area contributed by atoms with E-state index in [2.05, 4.69) is 15.1 Å². The third-order valence-corrected chi connectivity index (χ3v) is 4.28. The number of aromatic nitrogens is 4. The molecule has 0 saturated carbocycles. The van der Waals surface area contributed by atoms with E-state index in [4.69, 9.17) is 27.9 Å². The highest BCUT2D eigenvalue weighted by molar-refractivity contribution is 6.29. The predicted octanol–water partition coefficient (Wildman–Crippen LogP) is 3.49. The minimum atomic E-state index is -0.264. The number of rotatable bonds is 6. The monoisotopic (exact) mass is 378 g/mol. The third-order valence-electron chi connectivity index (χ3n) is 3.89. The smallest absolute Gasteiger partial charge is 0.156 e. The molecule has 25 heavy (non-hydrogen) atoms. The lowest BCUT2D eigenvalue weighted by atomic mass is 10.0. The van der Waals surface area contributed by atoms with E-state index in [0.717, 1.165) is 16.8 Å².